The minimum absolute atomic E-state index is 0.0375. The highest BCUT2D eigenvalue weighted by Crippen LogP contribution is 2.28. The smallest absolute Gasteiger partial charge is 0.229 e. The Morgan fingerprint density at radius 1 is 1.03 bits per heavy atom. The fourth-order valence-electron chi connectivity index (χ4n) is 4.61. The molecule has 0 radical (unpaired) electrons. The van der Waals surface area contributed by atoms with E-state index in [0.717, 1.165) is 43.8 Å². The Labute approximate surface area is 187 Å². The highest BCUT2D eigenvalue weighted by Gasteiger charge is 2.37. The van der Waals surface area contributed by atoms with Crippen molar-refractivity contribution < 1.29 is 4.79 Å². The number of fused-ring (bicyclic) bond motifs is 1. The number of nitrogens with zero attached hydrogens (tertiary/aromatic N) is 3. The summed E-state index contributed by atoms with van der Waals surface area (Å²) in [4.78, 5) is 22.3. The van der Waals surface area contributed by atoms with Crippen molar-refractivity contribution in [1.29, 1.82) is 0 Å². The minimum Gasteiger partial charge on any atom is -0.340 e. The minimum atomic E-state index is -0.116. The topological polar surface area (TPSA) is 60.5 Å². The third kappa shape index (κ3) is 4.29. The molecule has 31 heavy (non-hydrogen) atoms. The maximum atomic E-state index is 13.3. The average molecular weight is 436 g/mol. The summed E-state index contributed by atoms with van der Waals surface area (Å²) in [6, 6.07) is 18.1. The first-order valence-electron chi connectivity index (χ1n) is 10.8. The van der Waals surface area contributed by atoms with Crippen LogP contribution in [0.1, 0.15) is 17.2 Å². The van der Waals surface area contributed by atoms with Crippen LogP contribution in [0.4, 0.5) is 0 Å². The van der Waals surface area contributed by atoms with Crippen LogP contribution in [0.25, 0.3) is 10.9 Å². The molecule has 1 amide bonds. The first-order valence-corrected chi connectivity index (χ1v) is 11.1. The summed E-state index contributed by atoms with van der Waals surface area (Å²) in [5.74, 6) is 0.0962. The molecule has 2 atom stereocenters. The van der Waals surface area contributed by atoms with Gasteiger partial charge in [0.05, 0.1) is 17.5 Å². The van der Waals surface area contributed by atoms with Crippen LogP contribution < -0.4 is 10.9 Å². The second kappa shape index (κ2) is 8.93. The van der Waals surface area contributed by atoms with Crippen molar-refractivity contribution in [3.63, 3.8) is 0 Å². The summed E-state index contributed by atoms with van der Waals surface area (Å²) < 4.78 is 0. The first-order chi connectivity index (χ1) is 15.2. The zero-order valence-corrected chi connectivity index (χ0v) is 18.1. The van der Waals surface area contributed by atoms with Gasteiger partial charge in [0.2, 0.25) is 5.91 Å². The van der Waals surface area contributed by atoms with Crippen molar-refractivity contribution >= 4 is 28.4 Å². The Balaban J connectivity index is 1.22. The van der Waals surface area contributed by atoms with Crippen LogP contribution in [0, 0.1) is 5.92 Å². The summed E-state index contributed by atoms with van der Waals surface area (Å²) in [6.07, 6.45) is 1.85. The number of rotatable bonds is 4. The van der Waals surface area contributed by atoms with Crippen LogP contribution in [0.5, 0.6) is 0 Å². The van der Waals surface area contributed by atoms with E-state index in [1.54, 1.807) is 0 Å². The number of hydrazine groups is 1. The van der Waals surface area contributed by atoms with Gasteiger partial charge in [-0.3, -0.25) is 20.1 Å². The maximum Gasteiger partial charge on any atom is 0.229 e. The summed E-state index contributed by atoms with van der Waals surface area (Å²) >= 11 is 6.02. The summed E-state index contributed by atoms with van der Waals surface area (Å²) in [5, 5.41) is 1.87. The zero-order valence-electron chi connectivity index (χ0n) is 17.3. The van der Waals surface area contributed by atoms with Gasteiger partial charge in [-0.1, -0.05) is 48.0 Å². The number of para-hydroxylation sites is 1. The molecule has 1 aromatic heterocycles. The maximum absolute atomic E-state index is 13.3. The number of benzene rings is 2. The second-order valence-electron chi connectivity index (χ2n) is 8.25. The van der Waals surface area contributed by atoms with E-state index in [4.69, 9.17) is 11.6 Å². The predicted molar refractivity (Wildman–Crippen MR) is 122 cm³/mol. The lowest BCUT2D eigenvalue weighted by molar-refractivity contribution is -0.137. The van der Waals surface area contributed by atoms with Crippen molar-refractivity contribution in [1.82, 2.24) is 25.6 Å². The molecule has 0 saturated carbocycles. The van der Waals surface area contributed by atoms with Crippen molar-refractivity contribution in [2.24, 2.45) is 5.92 Å². The number of hydrogen-bond donors (Lipinski definition) is 2. The molecule has 2 N–H and O–H groups in total. The Hall–Kier alpha value is -2.51. The fourth-order valence-corrected chi connectivity index (χ4v) is 4.74. The van der Waals surface area contributed by atoms with E-state index in [1.807, 2.05) is 41.4 Å². The highest BCUT2D eigenvalue weighted by atomic mass is 35.5. The van der Waals surface area contributed by atoms with Gasteiger partial charge in [0.1, 0.15) is 0 Å². The quantitative estimate of drug-likeness (QED) is 0.659. The number of carbonyl (C=O) groups is 1. The first kappa shape index (κ1) is 20.4. The van der Waals surface area contributed by atoms with Gasteiger partial charge < -0.3 is 4.90 Å². The number of nitrogens with one attached hydrogen (secondary N) is 2. The highest BCUT2D eigenvalue weighted by molar-refractivity contribution is 6.30. The summed E-state index contributed by atoms with van der Waals surface area (Å²) in [5.41, 5.74) is 9.82. The van der Waals surface area contributed by atoms with Crippen molar-refractivity contribution in [3.05, 3.63) is 76.9 Å². The molecule has 2 fully saturated rings. The van der Waals surface area contributed by atoms with E-state index in [0.29, 0.717) is 11.6 Å². The van der Waals surface area contributed by atoms with Crippen LogP contribution in [0.3, 0.4) is 0 Å². The average Bonchev–Trinajstić information content (AvgIpc) is 3.30. The number of pyridine rings is 1. The fraction of sp³-hybridized carbons (Fsp3) is 0.333. The van der Waals surface area contributed by atoms with E-state index in [2.05, 4.69) is 45.0 Å². The van der Waals surface area contributed by atoms with Crippen molar-refractivity contribution in [2.75, 3.05) is 32.7 Å². The molecule has 3 heterocycles. The molecule has 2 aliphatic rings. The normalized spacial score (nSPS) is 22.2. The van der Waals surface area contributed by atoms with Crippen LogP contribution in [-0.4, -0.2) is 53.4 Å². The van der Waals surface area contributed by atoms with Gasteiger partial charge in [-0.15, -0.1) is 0 Å². The number of hydrogen-bond acceptors (Lipinski definition) is 5. The summed E-state index contributed by atoms with van der Waals surface area (Å²) in [6.45, 7) is 4.73. The van der Waals surface area contributed by atoms with Gasteiger partial charge >= 0.3 is 0 Å². The van der Waals surface area contributed by atoms with Gasteiger partial charge in [-0.05, 0) is 29.3 Å². The molecule has 2 unspecified atom stereocenters. The predicted octanol–water partition coefficient (Wildman–Crippen LogP) is 3.00. The molecule has 0 aliphatic carbocycles. The molecule has 2 aliphatic heterocycles. The zero-order chi connectivity index (χ0) is 21.2. The molecule has 2 aromatic carbocycles. The molecule has 3 aromatic rings. The lowest BCUT2D eigenvalue weighted by Crippen LogP contribution is -2.50. The summed E-state index contributed by atoms with van der Waals surface area (Å²) in [7, 11) is 0. The number of piperazine rings is 1. The second-order valence-corrected chi connectivity index (χ2v) is 8.69. The van der Waals surface area contributed by atoms with Crippen LogP contribution in [-0.2, 0) is 11.3 Å². The lowest BCUT2D eigenvalue weighted by atomic mass is 9.93. The van der Waals surface area contributed by atoms with E-state index in [9.17, 15) is 4.79 Å². The standard InChI is InChI=1S/C24H26ClN5O/c25-20-8-6-18(7-9-20)23-21(15-27-28-23)24(31)30-13-11-29(12-14-30)16-19-4-1-3-17-5-2-10-26-22(17)19/h1-10,21,23,27-28H,11-16H2. The van der Waals surface area contributed by atoms with Gasteiger partial charge in [0.25, 0.3) is 0 Å². The Morgan fingerprint density at radius 2 is 1.81 bits per heavy atom. The van der Waals surface area contributed by atoms with Crippen molar-refractivity contribution in [2.45, 2.75) is 12.6 Å². The largest absolute Gasteiger partial charge is 0.340 e. The Morgan fingerprint density at radius 3 is 2.61 bits per heavy atom. The lowest BCUT2D eigenvalue weighted by Gasteiger charge is -2.36. The molecule has 2 saturated heterocycles. The molecule has 5 rings (SSSR count). The third-order valence-electron chi connectivity index (χ3n) is 6.32. The van der Waals surface area contributed by atoms with Gasteiger partial charge in [0, 0.05) is 55.9 Å². The van der Waals surface area contributed by atoms with Crippen LogP contribution in [0.2, 0.25) is 5.02 Å². The number of amides is 1. The van der Waals surface area contributed by atoms with E-state index >= 15 is 0 Å². The van der Waals surface area contributed by atoms with Crippen molar-refractivity contribution in [3.8, 4) is 0 Å². The van der Waals surface area contributed by atoms with E-state index < -0.39 is 0 Å². The van der Waals surface area contributed by atoms with Crippen LogP contribution >= 0.6 is 11.6 Å². The Bertz CT molecular complexity index is 1060. The molecule has 160 valence electrons. The SMILES string of the molecule is O=C(C1CNNC1c1ccc(Cl)cc1)N1CCN(Cc2cccc3cccnc23)CC1. The van der Waals surface area contributed by atoms with E-state index in [-0.39, 0.29) is 17.9 Å². The van der Waals surface area contributed by atoms with Gasteiger partial charge in [0.15, 0.2) is 0 Å². The third-order valence-corrected chi connectivity index (χ3v) is 6.57. The molecule has 7 heteroatoms. The van der Waals surface area contributed by atoms with Gasteiger partial charge in [-0.25, -0.2) is 5.43 Å². The van der Waals surface area contributed by atoms with Crippen LogP contribution in [0.15, 0.2) is 60.8 Å². The molecule has 0 spiro atoms. The van der Waals surface area contributed by atoms with E-state index in [1.165, 1.54) is 10.9 Å². The van der Waals surface area contributed by atoms with Gasteiger partial charge in [-0.2, -0.15) is 0 Å². The molecule has 0 bridgehead atoms. The molecular weight excluding hydrogens is 410 g/mol. The molecular formula is C24H26ClN5O. The number of carbonyl (C=O) groups excluding carboxylic acids is 1. The number of aromatic nitrogens is 1. The molecule has 6 nitrogen and oxygen atoms in total. The Kier molecular flexibility index (Phi) is 5.87. The monoisotopic (exact) mass is 435 g/mol. The number of halogens is 1.